The van der Waals surface area contributed by atoms with E-state index in [0.29, 0.717) is 0 Å². The molecule has 15 heavy (non-hydrogen) atoms. The molecule has 0 saturated carbocycles. The second-order valence-corrected chi connectivity index (χ2v) is 5.14. The fourth-order valence-corrected chi connectivity index (χ4v) is 2.45. The van der Waals surface area contributed by atoms with Crippen molar-refractivity contribution in [1.29, 1.82) is 0 Å². The van der Waals surface area contributed by atoms with Crippen LogP contribution < -0.4 is 5.32 Å². The maximum absolute atomic E-state index is 6.02. The Morgan fingerprint density at radius 1 is 1.47 bits per heavy atom. The summed E-state index contributed by atoms with van der Waals surface area (Å²) in [5.41, 5.74) is 2.02. The second-order valence-electron chi connectivity index (χ2n) is 3.06. The number of aryl methyl sites for hydroxylation is 1. The van der Waals surface area contributed by atoms with Crippen molar-refractivity contribution >= 4 is 49.7 Å². The first-order valence-corrected chi connectivity index (χ1v) is 6.34. The van der Waals surface area contributed by atoms with Crippen molar-refractivity contribution in [2.45, 2.75) is 6.92 Å². The third-order valence-corrected chi connectivity index (χ3v) is 3.77. The van der Waals surface area contributed by atoms with E-state index in [4.69, 9.17) is 11.6 Å². The molecule has 0 aliphatic rings. The first-order chi connectivity index (χ1) is 7.15. The van der Waals surface area contributed by atoms with Gasteiger partial charge in [-0.05, 0) is 40.5 Å². The summed E-state index contributed by atoms with van der Waals surface area (Å²) in [7, 11) is 0. The van der Waals surface area contributed by atoms with Crippen LogP contribution in [0.5, 0.6) is 0 Å². The van der Waals surface area contributed by atoms with Crippen LogP contribution in [0.4, 0.5) is 10.8 Å². The molecule has 78 valence electrons. The fraction of sp³-hybridized carbons (Fsp3) is 0.100. The van der Waals surface area contributed by atoms with E-state index in [2.05, 4.69) is 26.2 Å². The summed E-state index contributed by atoms with van der Waals surface area (Å²) in [6, 6.07) is 5.86. The van der Waals surface area contributed by atoms with Gasteiger partial charge in [-0.25, -0.2) is 4.98 Å². The Morgan fingerprint density at radius 3 is 2.87 bits per heavy atom. The highest BCUT2D eigenvalue weighted by Crippen LogP contribution is 2.26. The van der Waals surface area contributed by atoms with E-state index >= 15 is 0 Å². The van der Waals surface area contributed by atoms with E-state index < -0.39 is 0 Å². The number of aromatic nitrogens is 1. The third-order valence-electron chi connectivity index (χ3n) is 1.90. The normalized spacial score (nSPS) is 10.3. The lowest BCUT2D eigenvalue weighted by Gasteiger charge is -2.04. The molecular weight excluding hydrogens is 296 g/mol. The van der Waals surface area contributed by atoms with Crippen molar-refractivity contribution in [3.05, 3.63) is 38.8 Å². The Hall–Kier alpha value is -0.580. The van der Waals surface area contributed by atoms with Gasteiger partial charge < -0.3 is 5.32 Å². The lowest BCUT2D eigenvalue weighted by Crippen LogP contribution is -1.89. The van der Waals surface area contributed by atoms with Gasteiger partial charge in [-0.3, -0.25) is 0 Å². The Morgan fingerprint density at radius 2 is 2.27 bits per heavy atom. The number of hydrogen-bond donors (Lipinski definition) is 1. The standard InChI is InChI=1S/C10H8BrClN2S/c1-6-2-3-7(4-8(6)12)13-10-14-9(11)5-15-10/h2-5H,1H3,(H,13,14). The summed E-state index contributed by atoms with van der Waals surface area (Å²) in [5.74, 6) is 0. The molecule has 0 aliphatic carbocycles. The van der Waals surface area contributed by atoms with Gasteiger partial charge in [-0.2, -0.15) is 0 Å². The molecule has 0 aliphatic heterocycles. The summed E-state index contributed by atoms with van der Waals surface area (Å²) in [6.07, 6.45) is 0. The van der Waals surface area contributed by atoms with Crippen molar-refractivity contribution in [2.75, 3.05) is 5.32 Å². The lowest BCUT2D eigenvalue weighted by atomic mass is 10.2. The van der Waals surface area contributed by atoms with Crippen LogP contribution >= 0.6 is 38.9 Å². The van der Waals surface area contributed by atoms with Gasteiger partial charge in [0.25, 0.3) is 0 Å². The monoisotopic (exact) mass is 302 g/mol. The minimum absolute atomic E-state index is 0.760. The second kappa shape index (κ2) is 4.51. The van der Waals surface area contributed by atoms with Gasteiger partial charge in [0.15, 0.2) is 5.13 Å². The zero-order valence-electron chi connectivity index (χ0n) is 7.92. The van der Waals surface area contributed by atoms with E-state index in [9.17, 15) is 0 Å². The number of nitrogens with one attached hydrogen (secondary N) is 1. The molecule has 2 aromatic rings. The van der Waals surface area contributed by atoms with E-state index in [1.165, 1.54) is 0 Å². The predicted octanol–water partition coefficient (Wildman–Crippen LogP) is 4.61. The molecule has 1 heterocycles. The van der Waals surface area contributed by atoms with E-state index in [-0.39, 0.29) is 0 Å². The number of halogens is 2. The van der Waals surface area contributed by atoms with Crippen molar-refractivity contribution in [3.63, 3.8) is 0 Å². The van der Waals surface area contributed by atoms with Crippen molar-refractivity contribution in [2.24, 2.45) is 0 Å². The van der Waals surface area contributed by atoms with Gasteiger partial charge in [-0.1, -0.05) is 17.7 Å². The number of rotatable bonds is 2. The summed E-state index contributed by atoms with van der Waals surface area (Å²) in [6.45, 7) is 1.98. The Kier molecular flexibility index (Phi) is 3.29. The smallest absolute Gasteiger partial charge is 0.188 e. The van der Waals surface area contributed by atoms with Crippen LogP contribution in [-0.4, -0.2) is 4.98 Å². The minimum Gasteiger partial charge on any atom is -0.331 e. The molecule has 0 radical (unpaired) electrons. The molecule has 1 aromatic carbocycles. The maximum Gasteiger partial charge on any atom is 0.188 e. The Labute approximate surface area is 105 Å². The van der Waals surface area contributed by atoms with Gasteiger partial charge in [0, 0.05) is 16.1 Å². The lowest BCUT2D eigenvalue weighted by molar-refractivity contribution is 1.34. The average molecular weight is 304 g/mol. The molecule has 1 aromatic heterocycles. The van der Waals surface area contributed by atoms with E-state index in [0.717, 1.165) is 26.0 Å². The molecule has 2 nitrogen and oxygen atoms in total. The summed E-state index contributed by atoms with van der Waals surface area (Å²) in [4.78, 5) is 4.24. The molecule has 0 fully saturated rings. The molecule has 0 atom stereocenters. The number of anilines is 2. The quantitative estimate of drug-likeness (QED) is 0.876. The number of nitrogens with zero attached hydrogens (tertiary/aromatic N) is 1. The first kappa shape index (κ1) is 10.9. The SMILES string of the molecule is Cc1ccc(Nc2nc(Br)cs2)cc1Cl. The van der Waals surface area contributed by atoms with Crippen LogP contribution in [0.3, 0.4) is 0 Å². The molecule has 1 N–H and O–H groups in total. The van der Waals surface area contributed by atoms with Crippen LogP contribution in [0.2, 0.25) is 5.02 Å². The van der Waals surface area contributed by atoms with Crippen molar-refractivity contribution in [1.82, 2.24) is 4.98 Å². The highest BCUT2D eigenvalue weighted by Gasteiger charge is 2.01. The summed E-state index contributed by atoms with van der Waals surface area (Å²) in [5, 5.41) is 6.72. The zero-order chi connectivity index (χ0) is 10.8. The number of thiazole rings is 1. The topological polar surface area (TPSA) is 24.9 Å². The summed E-state index contributed by atoms with van der Waals surface area (Å²) < 4.78 is 0.841. The molecule has 0 bridgehead atoms. The van der Waals surface area contributed by atoms with Crippen LogP contribution in [0.25, 0.3) is 0 Å². The van der Waals surface area contributed by atoms with Crippen LogP contribution in [0.1, 0.15) is 5.56 Å². The van der Waals surface area contributed by atoms with Crippen molar-refractivity contribution < 1.29 is 0 Å². The predicted molar refractivity (Wildman–Crippen MR) is 69.3 cm³/mol. The zero-order valence-corrected chi connectivity index (χ0v) is 11.1. The van der Waals surface area contributed by atoms with Gasteiger partial charge in [-0.15, -0.1) is 11.3 Å². The number of benzene rings is 1. The Bertz CT molecular complexity index is 484. The number of hydrogen-bond acceptors (Lipinski definition) is 3. The van der Waals surface area contributed by atoms with Crippen LogP contribution in [0, 0.1) is 6.92 Å². The van der Waals surface area contributed by atoms with Gasteiger partial charge >= 0.3 is 0 Å². The Balaban J connectivity index is 2.21. The molecule has 0 spiro atoms. The molecule has 0 unspecified atom stereocenters. The average Bonchev–Trinajstić information content (AvgIpc) is 2.58. The first-order valence-electron chi connectivity index (χ1n) is 4.29. The molecule has 5 heteroatoms. The molecule has 0 amide bonds. The van der Waals surface area contributed by atoms with E-state index in [1.54, 1.807) is 11.3 Å². The molecule has 0 saturated heterocycles. The highest BCUT2D eigenvalue weighted by molar-refractivity contribution is 9.10. The van der Waals surface area contributed by atoms with Gasteiger partial charge in [0.05, 0.1) is 0 Å². The van der Waals surface area contributed by atoms with Gasteiger partial charge in [0.2, 0.25) is 0 Å². The molecule has 2 rings (SSSR count). The van der Waals surface area contributed by atoms with E-state index in [1.807, 2.05) is 30.5 Å². The van der Waals surface area contributed by atoms with Crippen molar-refractivity contribution in [3.8, 4) is 0 Å². The van der Waals surface area contributed by atoms with Gasteiger partial charge in [0.1, 0.15) is 4.60 Å². The third kappa shape index (κ3) is 2.71. The minimum atomic E-state index is 0.760. The maximum atomic E-state index is 6.02. The molecular formula is C10H8BrClN2S. The van der Waals surface area contributed by atoms with Crippen LogP contribution in [0.15, 0.2) is 28.2 Å². The fourth-order valence-electron chi connectivity index (χ4n) is 1.11. The van der Waals surface area contributed by atoms with Crippen LogP contribution in [-0.2, 0) is 0 Å². The summed E-state index contributed by atoms with van der Waals surface area (Å²) >= 11 is 10.9. The highest BCUT2D eigenvalue weighted by atomic mass is 79.9. The largest absolute Gasteiger partial charge is 0.331 e.